The van der Waals surface area contributed by atoms with Crippen LogP contribution in [0, 0.1) is 0 Å². The second kappa shape index (κ2) is 9.24. The first-order chi connectivity index (χ1) is 15.7. The molecule has 7 nitrogen and oxygen atoms in total. The van der Waals surface area contributed by atoms with E-state index < -0.39 is 0 Å². The van der Waals surface area contributed by atoms with Crippen LogP contribution >= 0.6 is 0 Å². The lowest BCUT2D eigenvalue weighted by atomic mass is 9.91. The van der Waals surface area contributed by atoms with Crippen LogP contribution in [0.4, 0.5) is 5.82 Å². The second-order valence-corrected chi connectivity index (χ2v) is 9.21. The number of rotatable bonds is 6. The van der Waals surface area contributed by atoms with E-state index in [1.165, 1.54) is 24.8 Å². The first-order valence-electron chi connectivity index (χ1n) is 12.0. The van der Waals surface area contributed by atoms with E-state index in [0.29, 0.717) is 0 Å². The molecule has 2 aliphatic heterocycles. The molecule has 7 heteroatoms. The van der Waals surface area contributed by atoms with Crippen molar-refractivity contribution in [3.63, 3.8) is 0 Å². The SMILES string of the molecule is COc1cccc(C(C)N2CCc3c(ncnc3N3CCN(C4CCC4)CC3)C2)c1OC. The molecule has 5 rings (SSSR count). The van der Waals surface area contributed by atoms with Crippen LogP contribution in [0.15, 0.2) is 24.5 Å². The highest BCUT2D eigenvalue weighted by molar-refractivity contribution is 5.51. The van der Waals surface area contributed by atoms with Crippen molar-refractivity contribution in [2.45, 2.75) is 51.2 Å². The average molecular weight is 438 g/mol. The fourth-order valence-corrected chi connectivity index (χ4v) is 5.45. The molecule has 3 heterocycles. The van der Waals surface area contributed by atoms with Crippen LogP contribution in [0.3, 0.4) is 0 Å². The Labute approximate surface area is 191 Å². The number of anilines is 1. The average Bonchev–Trinajstić information content (AvgIpc) is 2.81. The maximum Gasteiger partial charge on any atom is 0.165 e. The van der Waals surface area contributed by atoms with Crippen LogP contribution in [0.5, 0.6) is 11.5 Å². The number of piperazine rings is 1. The summed E-state index contributed by atoms with van der Waals surface area (Å²) in [6.45, 7) is 8.50. The second-order valence-electron chi connectivity index (χ2n) is 9.21. The summed E-state index contributed by atoms with van der Waals surface area (Å²) >= 11 is 0. The number of methoxy groups -OCH3 is 2. The molecular formula is C25H35N5O2. The minimum Gasteiger partial charge on any atom is -0.493 e. The van der Waals surface area contributed by atoms with Gasteiger partial charge in [-0.1, -0.05) is 18.6 Å². The molecule has 1 atom stereocenters. The highest BCUT2D eigenvalue weighted by Crippen LogP contribution is 2.38. The van der Waals surface area contributed by atoms with E-state index >= 15 is 0 Å². The monoisotopic (exact) mass is 437 g/mol. The van der Waals surface area contributed by atoms with Crippen LogP contribution in [-0.4, -0.2) is 72.8 Å². The molecule has 0 amide bonds. The number of benzene rings is 1. The first-order valence-corrected chi connectivity index (χ1v) is 12.0. The van der Waals surface area contributed by atoms with Gasteiger partial charge in [0.1, 0.15) is 12.1 Å². The van der Waals surface area contributed by atoms with Crippen LogP contribution in [0.1, 0.15) is 49.0 Å². The Morgan fingerprint density at radius 2 is 1.81 bits per heavy atom. The Balaban J connectivity index is 1.31. The van der Waals surface area contributed by atoms with Gasteiger partial charge in [-0.25, -0.2) is 9.97 Å². The quantitative estimate of drug-likeness (QED) is 0.687. The molecule has 32 heavy (non-hydrogen) atoms. The molecule has 0 radical (unpaired) electrons. The predicted octanol–water partition coefficient (Wildman–Crippen LogP) is 3.29. The van der Waals surface area contributed by atoms with Gasteiger partial charge in [0.25, 0.3) is 0 Å². The number of fused-ring (bicyclic) bond motifs is 1. The molecule has 0 bridgehead atoms. The van der Waals surface area contributed by atoms with Gasteiger partial charge < -0.3 is 14.4 Å². The summed E-state index contributed by atoms with van der Waals surface area (Å²) in [6, 6.07) is 7.16. The summed E-state index contributed by atoms with van der Waals surface area (Å²) in [6.07, 6.45) is 6.91. The van der Waals surface area contributed by atoms with Crippen molar-refractivity contribution in [3.05, 3.63) is 41.3 Å². The Kier molecular flexibility index (Phi) is 6.20. The summed E-state index contributed by atoms with van der Waals surface area (Å²) in [5.74, 6) is 2.76. The highest BCUT2D eigenvalue weighted by atomic mass is 16.5. The number of hydrogen-bond acceptors (Lipinski definition) is 7. The van der Waals surface area contributed by atoms with Crippen LogP contribution in [0.25, 0.3) is 0 Å². The van der Waals surface area contributed by atoms with Gasteiger partial charge in [0.15, 0.2) is 11.5 Å². The zero-order valence-electron chi connectivity index (χ0n) is 19.6. The normalized spacial score (nSPS) is 21.0. The van der Waals surface area contributed by atoms with Gasteiger partial charge in [0.05, 0.1) is 19.9 Å². The summed E-state index contributed by atoms with van der Waals surface area (Å²) in [5.41, 5.74) is 3.65. The molecule has 1 aromatic carbocycles. The Morgan fingerprint density at radius 3 is 2.50 bits per heavy atom. The Hall–Kier alpha value is -2.38. The zero-order chi connectivity index (χ0) is 22.1. The fraction of sp³-hybridized carbons (Fsp3) is 0.600. The Bertz CT molecular complexity index is 940. The lowest BCUT2D eigenvalue weighted by molar-refractivity contribution is 0.120. The molecule has 172 valence electrons. The van der Waals surface area contributed by atoms with Gasteiger partial charge in [0, 0.05) is 62.5 Å². The van der Waals surface area contributed by atoms with Crippen LogP contribution in [0.2, 0.25) is 0 Å². The minimum atomic E-state index is 0.206. The van der Waals surface area contributed by atoms with Gasteiger partial charge in [-0.05, 0) is 32.3 Å². The van der Waals surface area contributed by atoms with Crippen molar-refractivity contribution < 1.29 is 9.47 Å². The van der Waals surface area contributed by atoms with Crippen LogP contribution in [-0.2, 0) is 13.0 Å². The van der Waals surface area contributed by atoms with Gasteiger partial charge in [0.2, 0.25) is 0 Å². The molecule has 1 aliphatic carbocycles. The fourth-order valence-electron chi connectivity index (χ4n) is 5.45. The smallest absolute Gasteiger partial charge is 0.165 e. The topological polar surface area (TPSA) is 54.0 Å². The summed E-state index contributed by atoms with van der Waals surface area (Å²) in [7, 11) is 3.40. The van der Waals surface area contributed by atoms with Gasteiger partial charge >= 0.3 is 0 Å². The van der Waals surface area contributed by atoms with E-state index in [0.717, 1.165) is 80.3 Å². The number of hydrogen-bond donors (Lipinski definition) is 0. The van der Waals surface area contributed by atoms with E-state index in [1.54, 1.807) is 20.5 Å². The van der Waals surface area contributed by atoms with Crippen molar-refractivity contribution in [3.8, 4) is 11.5 Å². The van der Waals surface area contributed by atoms with Crippen molar-refractivity contribution >= 4 is 5.82 Å². The maximum atomic E-state index is 5.70. The van der Waals surface area contributed by atoms with E-state index in [2.05, 4.69) is 27.7 Å². The van der Waals surface area contributed by atoms with Crippen molar-refractivity contribution in [1.82, 2.24) is 19.8 Å². The van der Waals surface area contributed by atoms with E-state index in [4.69, 9.17) is 19.4 Å². The summed E-state index contributed by atoms with van der Waals surface area (Å²) in [4.78, 5) is 17.1. The molecule has 1 aromatic heterocycles. The van der Waals surface area contributed by atoms with E-state index in [-0.39, 0.29) is 6.04 Å². The summed E-state index contributed by atoms with van der Waals surface area (Å²) < 4.78 is 11.2. The lowest BCUT2D eigenvalue weighted by Crippen LogP contribution is -2.52. The molecular weight excluding hydrogens is 402 g/mol. The summed E-state index contributed by atoms with van der Waals surface area (Å²) in [5, 5.41) is 0. The van der Waals surface area contributed by atoms with Crippen molar-refractivity contribution in [2.75, 3.05) is 51.8 Å². The lowest BCUT2D eigenvalue weighted by Gasteiger charge is -2.44. The molecule has 1 unspecified atom stereocenters. The largest absolute Gasteiger partial charge is 0.493 e. The van der Waals surface area contributed by atoms with Gasteiger partial charge in [-0.2, -0.15) is 0 Å². The Morgan fingerprint density at radius 1 is 1.00 bits per heavy atom. The molecule has 1 saturated carbocycles. The maximum absolute atomic E-state index is 5.70. The van der Waals surface area contributed by atoms with Gasteiger partial charge in [-0.3, -0.25) is 9.80 Å². The highest BCUT2D eigenvalue weighted by Gasteiger charge is 2.31. The molecule has 1 saturated heterocycles. The number of aromatic nitrogens is 2. The molecule has 0 spiro atoms. The first kappa shape index (κ1) is 21.5. The molecule has 2 aromatic rings. The number of para-hydroxylation sites is 1. The zero-order valence-corrected chi connectivity index (χ0v) is 19.6. The van der Waals surface area contributed by atoms with Gasteiger partial charge in [-0.15, -0.1) is 0 Å². The minimum absolute atomic E-state index is 0.206. The standard InChI is InChI=1S/C25H35N5O2/c1-18(20-8-5-9-23(31-2)24(20)32-3)30-11-10-21-22(16-30)26-17-27-25(21)29-14-12-28(13-15-29)19-6-4-7-19/h5,8-9,17-19H,4,6-7,10-16H2,1-3H3. The molecule has 3 aliphatic rings. The van der Waals surface area contributed by atoms with Crippen molar-refractivity contribution in [2.24, 2.45) is 0 Å². The third-order valence-corrected chi connectivity index (χ3v) is 7.65. The third kappa shape index (κ3) is 3.92. The van der Waals surface area contributed by atoms with E-state index in [9.17, 15) is 0 Å². The predicted molar refractivity (Wildman–Crippen MR) is 126 cm³/mol. The number of nitrogens with zero attached hydrogens (tertiary/aromatic N) is 5. The van der Waals surface area contributed by atoms with Crippen LogP contribution < -0.4 is 14.4 Å². The van der Waals surface area contributed by atoms with E-state index in [1.807, 2.05) is 12.1 Å². The molecule has 0 N–H and O–H groups in total. The third-order valence-electron chi connectivity index (χ3n) is 7.65. The van der Waals surface area contributed by atoms with Crippen molar-refractivity contribution in [1.29, 1.82) is 0 Å². The number of ether oxygens (including phenoxy) is 2. The molecule has 2 fully saturated rings.